The van der Waals surface area contributed by atoms with Gasteiger partial charge in [-0.15, -0.1) is 0 Å². The minimum atomic E-state index is 0.396. The van der Waals surface area contributed by atoms with Gasteiger partial charge in [-0.1, -0.05) is 6.07 Å². The average Bonchev–Trinajstić information content (AvgIpc) is 2.46. The Hall–Kier alpha value is -2.40. The molecule has 5 heteroatoms. The molecule has 1 heterocycles. The molecule has 2 rings (SSSR count). The van der Waals surface area contributed by atoms with Crippen LogP contribution in [0.25, 0.3) is 0 Å². The zero-order chi connectivity index (χ0) is 12.8. The lowest BCUT2D eigenvalue weighted by Crippen LogP contribution is -2.13. The van der Waals surface area contributed by atoms with Crippen molar-refractivity contribution in [3.8, 4) is 5.75 Å². The number of rotatable bonds is 5. The summed E-state index contributed by atoms with van der Waals surface area (Å²) in [7, 11) is 0. The molecule has 0 unspecified atom stereocenters. The molecule has 0 fully saturated rings. The summed E-state index contributed by atoms with van der Waals surface area (Å²) in [6.45, 7) is 0.396. The molecule has 0 bridgehead atoms. The number of benzene rings is 1. The van der Waals surface area contributed by atoms with Crippen molar-refractivity contribution in [2.75, 3.05) is 5.06 Å². The van der Waals surface area contributed by atoms with Gasteiger partial charge in [0.1, 0.15) is 18.7 Å². The van der Waals surface area contributed by atoms with Gasteiger partial charge in [0.15, 0.2) is 0 Å². The van der Waals surface area contributed by atoms with E-state index >= 15 is 0 Å². The van der Waals surface area contributed by atoms with Crippen LogP contribution in [-0.4, -0.2) is 16.5 Å². The summed E-state index contributed by atoms with van der Waals surface area (Å²) in [5, 5.41) is 16.9. The molecule has 1 aromatic carbocycles. The number of pyridine rings is 1. The fraction of sp³-hybridized carbons (Fsp3) is 0.0769. The van der Waals surface area contributed by atoms with Gasteiger partial charge in [-0.3, -0.25) is 15.6 Å². The third-order valence-electron chi connectivity index (χ3n) is 2.34. The lowest BCUT2D eigenvalue weighted by Gasteiger charge is -2.11. The molecular weight excluding hydrogens is 230 g/mol. The van der Waals surface area contributed by atoms with Crippen LogP contribution in [0.5, 0.6) is 5.75 Å². The first kappa shape index (κ1) is 12.1. The Morgan fingerprint density at radius 1 is 1.22 bits per heavy atom. The highest BCUT2D eigenvalue weighted by molar-refractivity contribution is 5.73. The molecule has 0 aliphatic carbocycles. The van der Waals surface area contributed by atoms with Crippen molar-refractivity contribution in [3.63, 3.8) is 0 Å². The molecule has 2 N–H and O–H groups in total. The van der Waals surface area contributed by atoms with Crippen molar-refractivity contribution in [1.82, 2.24) is 4.98 Å². The average molecular weight is 243 g/mol. The Morgan fingerprint density at radius 3 is 2.61 bits per heavy atom. The minimum Gasteiger partial charge on any atom is -0.487 e. The van der Waals surface area contributed by atoms with E-state index in [1.807, 2.05) is 18.2 Å². The molecule has 0 aliphatic heterocycles. The minimum absolute atomic E-state index is 0.396. The fourth-order valence-corrected chi connectivity index (χ4v) is 1.41. The van der Waals surface area contributed by atoms with Gasteiger partial charge in [-0.05, 0) is 36.4 Å². The summed E-state index contributed by atoms with van der Waals surface area (Å²) in [6, 6.07) is 12.4. The van der Waals surface area contributed by atoms with Crippen molar-refractivity contribution in [3.05, 3.63) is 54.4 Å². The van der Waals surface area contributed by atoms with E-state index in [1.165, 1.54) is 0 Å². The summed E-state index contributed by atoms with van der Waals surface area (Å²) in [6.07, 6.45) is 2.54. The highest BCUT2D eigenvalue weighted by atomic mass is 16.5. The van der Waals surface area contributed by atoms with Crippen LogP contribution in [0.15, 0.2) is 48.7 Å². The number of nitrogens with one attached hydrogen (secondary N) is 1. The predicted octanol–water partition coefficient (Wildman–Crippen LogP) is 2.46. The van der Waals surface area contributed by atoms with E-state index in [1.54, 1.807) is 30.5 Å². The number of hydrogen-bond donors (Lipinski definition) is 2. The molecule has 1 aromatic heterocycles. The van der Waals surface area contributed by atoms with Crippen LogP contribution < -0.4 is 9.80 Å². The van der Waals surface area contributed by atoms with E-state index in [2.05, 4.69) is 4.98 Å². The van der Waals surface area contributed by atoms with Crippen molar-refractivity contribution < 1.29 is 9.94 Å². The van der Waals surface area contributed by atoms with Crippen molar-refractivity contribution in [2.24, 2.45) is 0 Å². The molecule has 0 aliphatic rings. The first-order valence-electron chi connectivity index (χ1n) is 5.41. The zero-order valence-electron chi connectivity index (χ0n) is 9.65. The van der Waals surface area contributed by atoms with Gasteiger partial charge in [0.25, 0.3) is 0 Å². The van der Waals surface area contributed by atoms with Gasteiger partial charge in [0.2, 0.25) is 0 Å². The van der Waals surface area contributed by atoms with E-state index in [0.29, 0.717) is 18.0 Å². The Kier molecular flexibility index (Phi) is 3.88. The third-order valence-corrected chi connectivity index (χ3v) is 2.34. The molecule has 0 atom stereocenters. The van der Waals surface area contributed by atoms with Crippen molar-refractivity contribution in [2.45, 2.75) is 6.61 Å². The van der Waals surface area contributed by atoms with Crippen LogP contribution in [-0.2, 0) is 6.61 Å². The SMILES string of the molecule is N=CN(O)c1ccc(OCc2ccccn2)cc1. The predicted molar refractivity (Wildman–Crippen MR) is 68.1 cm³/mol. The van der Waals surface area contributed by atoms with Gasteiger partial charge in [-0.25, -0.2) is 5.06 Å². The number of ether oxygens (including phenoxy) is 1. The first-order valence-corrected chi connectivity index (χ1v) is 5.41. The fourth-order valence-electron chi connectivity index (χ4n) is 1.41. The molecule has 92 valence electrons. The normalized spacial score (nSPS) is 9.83. The molecule has 5 nitrogen and oxygen atoms in total. The van der Waals surface area contributed by atoms with Crippen LogP contribution in [0.1, 0.15) is 5.69 Å². The highest BCUT2D eigenvalue weighted by Gasteiger charge is 2.00. The lowest BCUT2D eigenvalue weighted by molar-refractivity contribution is 0.300. The molecule has 0 spiro atoms. The van der Waals surface area contributed by atoms with Gasteiger partial charge >= 0.3 is 0 Å². The molecule has 0 radical (unpaired) electrons. The number of nitrogens with zero attached hydrogens (tertiary/aromatic N) is 2. The van der Waals surface area contributed by atoms with Gasteiger partial charge in [0.05, 0.1) is 11.4 Å². The smallest absolute Gasteiger partial charge is 0.130 e. The van der Waals surface area contributed by atoms with E-state index in [4.69, 9.17) is 10.1 Å². The van der Waals surface area contributed by atoms with Gasteiger partial charge in [-0.2, -0.15) is 0 Å². The Balaban J connectivity index is 1.96. The maximum Gasteiger partial charge on any atom is 0.130 e. The third kappa shape index (κ3) is 3.05. The van der Waals surface area contributed by atoms with Gasteiger partial charge < -0.3 is 4.74 Å². The summed E-state index contributed by atoms with van der Waals surface area (Å²) in [4.78, 5) is 4.15. The number of anilines is 1. The summed E-state index contributed by atoms with van der Waals surface area (Å²) in [5.41, 5.74) is 1.36. The van der Waals surface area contributed by atoms with Crippen LogP contribution in [0.4, 0.5) is 5.69 Å². The molecule has 0 saturated heterocycles. The number of hydroxylamine groups is 1. The van der Waals surface area contributed by atoms with E-state index in [0.717, 1.165) is 17.1 Å². The Morgan fingerprint density at radius 2 is 2.00 bits per heavy atom. The number of hydrogen-bond acceptors (Lipinski definition) is 4. The summed E-state index contributed by atoms with van der Waals surface area (Å²) >= 11 is 0. The largest absolute Gasteiger partial charge is 0.487 e. The van der Waals surface area contributed by atoms with E-state index < -0.39 is 0 Å². The Labute approximate surface area is 105 Å². The zero-order valence-corrected chi connectivity index (χ0v) is 9.65. The first-order chi connectivity index (χ1) is 8.79. The van der Waals surface area contributed by atoms with Gasteiger partial charge in [0, 0.05) is 6.20 Å². The van der Waals surface area contributed by atoms with E-state index in [-0.39, 0.29) is 0 Å². The van der Waals surface area contributed by atoms with Crippen LogP contribution >= 0.6 is 0 Å². The monoisotopic (exact) mass is 243 g/mol. The molecule has 2 aromatic rings. The standard InChI is InChI=1S/C13H13N3O2/c14-10-16(17)12-4-6-13(7-5-12)18-9-11-3-1-2-8-15-11/h1-8,10,14,17H,9H2. The second-order valence-corrected chi connectivity index (χ2v) is 3.58. The van der Waals surface area contributed by atoms with E-state index in [9.17, 15) is 5.21 Å². The second-order valence-electron chi connectivity index (χ2n) is 3.58. The summed E-state index contributed by atoms with van der Waals surface area (Å²) in [5.74, 6) is 0.683. The van der Waals surface area contributed by atoms with Crippen LogP contribution in [0.2, 0.25) is 0 Å². The second kappa shape index (κ2) is 5.79. The summed E-state index contributed by atoms with van der Waals surface area (Å²) < 4.78 is 5.54. The van der Waals surface area contributed by atoms with Crippen molar-refractivity contribution in [1.29, 1.82) is 5.41 Å². The molecule has 0 saturated carbocycles. The maximum absolute atomic E-state index is 9.27. The maximum atomic E-state index is 9.27. The Bertz CT molecular complexity index is 499. The molecule has 0 amide bonds. The topological polar surface area (TPSA) is 69.4 Å². The van der Waals surface area contributed by atoms with Crippen LogP contribution in [0, 0.1) is 5.41 Å². The number of aromatic nitrogens is 1. The van der Waals surface area contributed by atoms with Crippen molar-refractivity contribution >= 4 is 12.0 Å². The quantitative estimate of drug-likeness (QED) is 0.481. The molecular formula is C13H13N3O2. The molecule has 18 heavy (non-hydrogen) atoms. The highest BCUT2D eigenvalue weighted by Crippen LogP contribution is 2.18. The lowest BCUT2D eigenvalue weighted by atomic mass is 10.3. The van der Waals surface area contributed by atoms with Crippen LogP contribution in [0.3, 0.4) is 0 Å².